The van der Waals surface area contributed by atoms with Crippen LogP contribution < -0.4 is 52.2 Å². The monoisotopic (exact) mass is 1670 g/mol. The first kappa shape index (κ1) is 79.9. The van der Waals surface area contributed by atoms with Crippen molar-refractivity contribution < 1.29 is 64.4 Å². The Morgan fingerprint density at radius 1 is 0.375 bits per heavy atom. The van der Waals surface area contributed by atoms with Gasteiger partial charge in [-0.05, 0) is 227 Å². The number of aromatic nitrogens is 1. The van der Waals surface area contributed by atoms with Gasteiger partial charge in [0.1, 0.15) is 83.2 Å². The number of anilines is 2. The van der Waals surface area contributed by atoms with Crippen LogP contribution in [0, 0.1) is 11.3 Å². The van der Waals surface area contributed by atoms with Crippen LogP contribution in [-0.2, 0) is 95.6 Å². The number of fused-ring (bicyclic) bond motifs is 3. The van der Waals surface area contributed by atoms with Gasteiger partial charge in [0.05, 0.1) is 19.6 Å². The number of benzene rings is 11. The van der Waals surface area contributed by atoms with E-state index >= 15 is 0 Å². The maximum Gasteiger partial charge on any atom is 0.257 e. The molecule has 0 spiro atoms. The molecule has 21 nitrogen and oxygen atoms in total. The van der Waals surface area contributed by atoms with Crippen LogP contribution in [0.3, 0.4) is 0 Å². The van der Waals surface area contributed by atoms with Crippen molar-refractivity contribution in [2.75, 3.05) is 11.4 Å². The van der Waals surface area contributed by atoms with Crippen LogP contribution in [0.4, 0.5) is 11.4 Å². The van der Waals surface area contributed by atoms with Gasteiger partial charge in [0.2, 0.25) is 0 Å². The summed E-state index contributed by atoms with van der Waals surface area (Å²) in [6.45, 7) is 1.87. The van der Waals surface area contributed by atoms with Gasteiger partial charge >= 0.3 is 0 Å². The summed E-state index contributed by atoms with van der Waals surface area (Å²) in [5.74, 6) is 4.65. The molecule has 1 aromatic heterocycles. The Bertz CT molecular complexity index is 5960. The van der Waals surface area contributed by atoms with Gasteiger partial charge in [-0.25, -0.2) is 21.8 Å². The van der Waals surface area contributed by atoms with Crippen molar-refractivity contribution in [3.05, 3.63) is 376 Å². The Kier molecular flexibility index (Phi) is 24.7. The number of nitrogens with one attached hydrogen (secondary N) is 4. The zero-order chi connectivity index (χ0) is 82.4. The molecule has 0 bridgehead atoms. The Labute approximate surface area is 702 Å². The number of carbonyl (C=O) groups is 4. The number of amides is 4. The van der Waals surface area contributed by atoms with Crippen LogP contribution >= 0.6 is 0 Å². The Morgan fingerprint density at radius 3 is 1.17 bits per heavy atom. The van der Waals surface area contributed by atoms with E-state index in [-0.39, 0.29) is 35.8 Å². The summed E-state index contributed by atoms with van der Waals surface area (Å²) in [6.07, 6.45) is 13.1. The van der Waals surface area contributed by atoms with Gasteiger partial charge in [-0.3, -0.25) is 38.1 Å². The van der Waals surface area contributed by atoms with Crippen LogP contribution in [0.5, 0.6) is 46.0 Å². The lowest BCUT2D eigenvalue weighted by Crippen LogP contribution is -2.25. The molecule has 4 N–H and O–H groups in total. The van der Waals surface area contributed by atoms with Crippen molar-refractivity contribution >= 4 is 98.6 Å². The van der Waals surface area contributed by atoms with E-state index in [4.69, 9.17) is 33.7 Å². The number of ether oxygens (including phenoxy) is 6. The molecular weight excluding hydrogens is 1590 g/mol. The van der Waals surface area contributed by atoms with Gasteiger partial charge in [0.15, 0.2) is 43.9 Å². The molecule has 5 aliphatic heterocycles. The van der Waals surface area contributed by atoms with Crippen LogP contribution in [0.1, 0.15) is 98.4 Å². The molecule has 19 rings (SSSR count). The average Bonchev–Trinajstić information content (AvgIpc) is 1.60. The highest BCUT2D eigenvalue weighted by Crippen LogP contribution is 2.45. The second-order valence-electron chi connectivity index (χ2n) is 28.2. The summed E-state index contributed by atoms with van der Waals surface area (Å²) >= 11 is 0. The second kappa shape index (κ2) is 37.1. The summed E-state index contributed by atoms with van der Waals surface area (Å²) in [6, 6.07) is 91.0. The number of hydrogen-bond acceptors (Lipinski definition) is 17. The molecule has 120 heavy (non-hydrogen) atoms. The highest BCUT2D eigenvalue weighted by molar-refractivity contribution is 7.94. The highest BCUT2D eigenvalue weighted by Gasteiger charge is 2.32. The van der Waals surface area contributed by atoms with E-state index < -0.39 is 43.9 Å². The molecule has 2 aliphatic carbocycles. The summed E-state index contributed by atoms with van der Waals surface area (Å²) < 4.78 is 92.7. The number of rotatable bonds is 20. The van der Waals surface area contributed by atoms with E-state index in [0.717, 1.165) is 130 Å². The van der Waals surface area contributed by atoms with Gasteiger partial charge in [0.25, 0.3) is 23.6 Å². The molecule has 4 unspecified atom stereocenters. The smallest absolute Gasteiger partial charge is 0.257 e. The minimum atomic E-state index is -1.51. The van der Waals surface area contributed by atoms with Crippen LogP contribution in [0.15, 0.2) is 310 Å². The number of carbonyl (C=O) groups excluding carboxylic acids is 4. The van der Waals surface area contributed by atoms with Crippen LogP contribution in [-0.4, -0.2) is 52.0 Å². The number of para-hydroxylation sites is 3. The molecule has 11 aromatic carbocycles. The molecule has 7 aliphatic rings. The Hall–Kier alpha value is -13.9. The third-order valence-electron chi connectivity index (χ3n) is 20.3. The SMILES string of the molecule is N#Cc1ccc(-c2cccc3c2CC[C@H]3Oc2ccc(C3=CC(=O)NS3=O)cc2)cn1.O=C1C=C(c2ccc(OCc3ccc(Oc4ccccc4)cc3)cc2)S(=O)N1.O=C1C=C(c2ccc(OCc3ccc(Oc4ccccc4)cc3)cc2)S(=O)N1.O=C1C=C(c2ccc(O[C@@H]3CCc4c3cccc4N3CCCc4ccccc43)cc2)S(=O)N1. The van der Waals surface area contributed by atoms with Crippen molar-refractivity contribution in [3.8, 4) is 63.2 Å². The van der Waals surface area contributed by atoms with Gasteiger partial charge in [-0.15, -0.1) is 0 Å². The average molecular weight is 1670 g/mol. The first-order valence-corrected chi connectivity index (χ1v) is 43.1. The Balaban J connectivity index is 0.000000119. The van der Waals surface area contributed by atoms with Crippen LogP contribution in [0.25, 0.3) is 30.7 Å². The number of hydrogen-bond donors (Lipinski definition) is 4. The molecule has 0 saturated carbocycles. The van der Waals surface area contributed by atoms with E-state index in [9.17, 15) is 36.0 Å². The van der Waals surface area contributed by atoms with Crippen LogP contribution in [0.2, 0.25) is 0 Å². The number of nitrogens with zero attached hydrogens (tertiary/aromatic N) is 3. The first-order valence-electron chi connectivity index (χ1n) is 38.5. The predicted octanol–water partition coefficient (Wildman–Crippen LogP) is 17.2. The van der Waals surface area contributed by atoms with Crippen molar-refractivity contribution in [1.29, 1.82) is 5.26 Å². The summed E-state index contributed by atoms with van der Waals surface area (Å²) in [5.41, 5.74) is 16.6. The summed E-state index contributed by atoms with van der Waals surface area (Å²) in [7, 11) is -5.97. The molecule has 6 heterocycles. The fourth-order valence-electron chi connectivity index (χ4n) is 14.6. The van der Waals surface area contributed by atoms with E-state index in [1.54, 1.807) is 60.8 Å². The van der Waals surface area contributed by atoms with Gasteiger partial charge in [-0.2, -0.15) is 5.26 Å². The highest BCUT2D eigenvalue weighted by atomic mass is 32.2. The number of aryl methyl sites for hydroxylation is 1. The van der Waals surface area contributed by atoms with E-state index in [0.29, 0.717) is 50.0 Å². The summed E-state index contributed by atoms with van der Waals surface area (Å²) in [4.78, 5) is 54.0. The lowest BCUT2D eigenvalue weighted by atomic mass is 9.97. The molecule has 6 atom stereocenters. The van der Waals surface area contributed by atoms with E-state index in [2.05, 4.69) is 83.4 Å². The largest absolute Gasteiger partial charge is 0.489 e. The van der Waals surface area contributed by atoms with Gasteiger partial charge < -0.3 is 33.3 Å². The normalized spacial score (nSPS) is 18.1. The third-order valence-corrected chi connectivity index (χ3v) is 24.9. The topological polar surface area (TPSA) is 280 Å². The predicted molar refractivity (Wildman–Crippen MR) is 463 cm³/mol. The van der Waals surface area contributed by atoms with Crippen molar-refractivity contribution in [2.24, 2.45) is 0 Å². The zero-order valence-corrected chi connectivity index (χ0v) is 67.4. The number of nitriles is 1. The maximum atomic E-state index is 12.0. The molecule has 598 valence electrons. The number of pyridine rings is 1. The van der Waals surface area contributed by atoms with Gasteiger partial charge in [0, 0.05) is 54.0 Å². The molecule has 0 radical (unpaired) electrons. The van der Waals surface area contributed by atoms with E-state index in [1.807, 2.05) is 176 Å². The molecule has 4 amide bonds. The summed E-state index contributed by atoms with van der Waals surface area (Å²) in [5, 5.41) is 8.97. The molecular formula is C95H75N7O14S4. The Morgan fingerprint density at radius 2 is 0.750 bits per heavy atom. The van der Waals surface area contributed by atoms with Gasteiger partial charge in [-0.1, -0.05) is 158 Å². The molecule has 25 heteroatoms. The van der Waals surface area contributed by atoms with Crippen molar-refractivity contribution in [2.45, 2.75) is 63.9 Å². The lowest BCUT2D eigenvalue weighted by molar-refractivity contribution is -0.115. The lowest BCUT2D eigenvalue weighted by Gasteiger charge is -2.33. The van der Waals surface area contributed by atoms with Crippen molar-refractivity contribution in [1.82, 2.24) is 23.9 Å². The minimum Gasteiger partial charge on any atom is -0.489 e. The van der Waals surface area contributed by atoms with Crippen molar-refractivity contribution in [3.63, 3.8) is 0 Å². The molecule has 0 fully saturated rings. The van der Waals surface area contributed by atoms with E-state index in [1.165, 1.54) is 57.9 Å². The fourth-order valence-corrected chi connectivity index (χ4v) is 18.2. The molecule has 0 saturated heterocycles. The zero-order valence-electron chi connectivity index (χ0n) is 64.2. The maximum absolute atomic E-state index is 12.0. The quantitative estimate of drug-likeness (QED) is 0.0552. The standard InChI is InChI=1S/C27H24N2O3S.C24H17N3O3S.2C22H17NO4S/c30-27-17-26(33(31)28-27)19-10-12-20(13-11-19)32-25-15-14-21-22(25)7-3-9-24(21)29-16-4-6-18-5-1-2-8-23(18)29;25-13-17-7-4-16(14-26-17)19-2-1-3-21-20(19)10-11-22(21)30-18-8-5-15(6-9-18)23-12-24(28)27-31(23)29;2*24-22-14-21(28(25)23-22)17-8-12-18(13-9-17)26-15-16-6-10-20(11-7-16)27-19-4-2-1-3-5-19/h1-3,5,7-13,17,25H,4,6,14-16H2,(H,28,30);1-9,12,14,22H,10-11H2,(H,27,28);2*1-14H,15H2,(H,23,24)/t25-,33?;22-,31?;;/m11../s1. The second-order valence-corrected chi connectivity index (χ2v) is 32.9. The minimum absolute atomic E-state index is 0.00825. The third kappa shape index (κ3) is 19.4. The molecule has 12 aromatic rings. The first-order chi connectivity index (χ1) is 58.6. The fraction of sp³-hybridized carbons (Fsp3) is 0.116.